The summed E-state index contributed by atoms with van der Waals surface area (Å²) >= 11 is 7.31. The lowest BCUT2D eigenvalue weighted by Gasteiger charge is -2.07. The van der Waals surface area contributed by atoms with Gasteiger partial charge in [0.2, 0.25) is 5.91 Å². The molecule has 0 saturated heterocycles. The number of anilines is 2. The highest BCUT2D eigenvalue weighted by atomic mass is 35.5. The number of hydrogen-bond acceptors (Lipinski definition) is 5. The molecule has 1 amide bonds. The number of carbonyl (C=O) groups excluding carboxylic acids is 1. The molecule has 0 spiro atoms. The molecule has 0 aliphatic rings. The summed E-state index contributed by atoms with van der Waals surface area (Å²) in [5.74, 6) is 0.865. The summed E-state index contributed by atoms with van der Waals surface area (Å²) < 4.78 is 1.83. The lowest BCUT2D eigenvalue weighted by Crippen LogP contribution is -2.14. The van der Waals surface area contributed by atoms with E-state index >= 15 is 0 Å². The maximum Gasteiger partial charge on any atom is 0.234 e. The van der Waals surface area contributed by atoms with Gasteiger partial charge in [-0.2, -0.15) is 0 Å². The first-order valence-electron chi connectivity index (χ1n) is 5.81. The number of nitrogens with zero attached hydrogens (tertiary/aromatic N) is 3. The van der Waals surface area contributed by atoms with Crippen LogP contribution >= 0.6 is 23.4 Å². The first-order valence-corrected chi connectivity index (χ1v) is 7.17. The normalized spacial score (nSPS) is 10.6. The molecule has 1 heterocycles. The van der Waals surface area contributed by atoms with E-state index in [0.29, 0.717) is 21.6 Å². The lowest BCUT2D eigenvalue weighted by atomic mass is 10.3. The second kappa shape index (κ2) is 6.15. The number of aryl methyl sites for hydroxylation is 1. The zero-order valence-electron chi connectivity index (χ0n) is 11.1. The molecule has 1 aromatic heterocycles. The van der Waals surface area contributed by atoms with Gasteiger partial charge in [0.05, 0.1) is 16.5 Å². The zero-order valence-corrected chi connectivity index (χ0v) is 12.6. The number of nitrogen functional groups attached to an aromatic ring is 1. The van der Waals surface area contributed by atoms with Crippen molar-refractivity contribution in [1.29, 1.82) is 0 Å². The SMILES string of the molecule is Cc1nnc(SCC(=O)Nc2ccc(N)cc2Cl)n1C. The highest BCUT2D eigenvalue weighted by molar-refractivity contribution is 7.99. The van der Waals surface area contributed by atoms with E-state index in [1.165, 1.54) is 11.8 Å². The second-order valence-corrected chi connectivity index (χ2v) is 5.51. The topological polar surface area (TPSA) is 85.8 Å². The number of amides is 1. The van der Waals surface area contributed by atoms with Crippen molar-refractivity contribution < 1.29 is 4.79 Å². The smallest absolute Gasteiger partial charge is 0.234 e. The van der Waals surface area contributed by atoms with Crippen LogP contribution in [0.4, 0.5) is 11.4 Å². The van der Waals surface area contributed by atoms with Gasteiger partial charge in [0.15, 0.2) is 5.16 Å². The Bertz CT molecular complexity index is 643. The molecule has 0 atom stereocenters. The Morgan fingerprint density at radius 3 is 2.85 bits per heavy atom. The van der Waals surface area contributed by atoms with Crippen LogP contribution in [-0.4, -0.2) is 26.4 Å². The monoisotopic (exact) mass is 311 g/mol. The summed E-state index contributed by atoms with van der Waals surface area (Å²) in [6.45, 7) is 1.85. The minimum Gasteiger partial charge on any atom is -0.399 e. The third-order valence-corrected chi connectivity index (χ3v) is 3.99. The van der Waals surface area contributed by atoms with E-state index in [-0.39, 0.29) is 11.7 Å². The van der Waals surface area contributed by atoms with Gasteiger partial charge in [-0.1, -0.05) is 23.4 Å². The predicted molar refractivity (Wildman–Crippen MR) is 81.0 cm³/mol. The van der Waals surface area contributed by atoms with Gasteiger partial charge in [0.1, 0.15) is 5.82 Å². The zero-order chi connectivity index (χ0) is 14.7. The largest absolute Gasteiger partial charge is 0.399 e. The molecule has 0 aliphatic heterocycles. The quantitative estimate of drug-likeness (QED) is 0.667. The van der Waals surface area contributed by atoms with Crippen molar-refractivity contribution in [2.45, 2.75) is 12.1 Å². The third-order valence-electron chi connectivity index (χ3n) is 2.65. The Morgan fingerprint density at radius 1 is 1.50 bits per heavy atom. The number of hydrogen-bond donors (Lipinski definition) is 2. The molecule has 1 aromatic carbocycles. The fraction of sp³-hybridized carbons (Fsp3) is 0.250. The summed E-state index contributed by atoms with van der Waals surface area (Å²) in [6.07, 6.45) is 0. The molecule has 2 aromatic rings. The van der Waals surface area contributed by atoms with E-state index in [4.69, 9.17) is 17.3 Å². The van der Waals surface area contributed by atoms with Crippen molar-refractivity contribution in [3.05, 3.63) is 29.0 Å². The average molecular weight is 312 g/mol. The molecule has 6 nitrogen and oxygen atoms in total. The van der Waals surface area contributed by atoms with Gasteiger partial charge in [-0.05, 0) is 25.1 Å². The molecule has 0 saturated carbocycles. The van der Waals surface area contributed by atoms with E-state index in [9.17, 15) is 4.79 Å². The van der Waals surface area contributed by atoms with Crippen LogP contribution in [-0.2, 0) is 11.8 Å². The summed E-state index contributed by atoms with van der Waals surface area (Å²) in [5.41, 5.74) is 6.69. The fourth-order valence-corrected chi connectivity index (χ4v) is 2.46. The minimum absolute atomic E-state index is 0.165. The highest BCUT2D eigenvalue weighted by Gasteiger charge is 2.10. The molecule has 3 N–H and O–H groups in total. The van der Waals surface area contributed by atoms with E-state index in [1.807, 2.05) is 18.5 Å². The van der Waals surface area contributed by atoms with E-state index in [1.54, 1.807) is 18.2 Å². The third kappa shape index (κ3) is 3.43. The molecule has 0 fully saturated rings. The second-order valence-electron chi connectivity index (χ2n) is 4.16. The Hall–Kier alpha value is -1.73. The van der Waals surface area contributed by atoms with Gasteiger partial charge in [0, 0.05) is 12.7 Å². The van der Waals surface area contributed by atoms with Crippen LogP contribution in [0.25, 0.3) is 0 Å². The van der Waals surface area contributed by atoms with Crippen molar-refractivity contribution in [1.82, 2.24) is 14.8 Å². The Balaban J connectivity index is 1.94. The molecule has 2 rings (SSSR count). The Kier molecular flexibility index (Phi) is 4.51. The number of thioether (sulfide) groups is 1. The highest BCUT2D eigenvalue weighted by Crippen LogP contribution is 2.24. The maximum atomic E-state index is 11.9. The van der Waals surface area contributed by atoms with Crippen molar-refractivity contribution in [2.24, 2.45) is 7.05 Å². The number of nitrogens with two attached hydrogens (primary N) is 1. The van der Waals surface area contributed by atoms with Gasteiger partial charge in [-0.15, -0.1) is 10.2 Å². The van der Waals surface area contributed by atoms with Crippen molar-refractivity contribution in [3.8, 4) is 0 Å². The van der Waals surface area contributed by atoms with Crippen molar-refractivity contribution >= 4 is 40.6 Å². The van der Waals surface area contributed by atoms with Crippen molar-refractivity contribution in [3.63, 3.8) is 0 Å². The van der Waals surface area contributed by atoms with Crippen LogP contribution in [0.2, 0.25) is 5.02 Å². The molecule has 0 bridgehead atoms. The van der Waals surface area contributed by atoms with E-state index in [2.05, 4.69) is 15.5 Å². The summed E-state index contributed by atoms with van der Waals surface area (Å²) in [4.78, 5) is 11.9. The number of aromatic nitrogens is 3. The molecular weight excluding hydrogens is 298 g/mol. The summed E-state index contributed by atoms with van der Waals surface area (Å²) in [6, 6.07) is 4.95. The molecular formula is C12H14ClN5OS. The van der Waals surface area contributed by atoms with Gasteiger partial charge >= 0.3 is 0 Å². The number of nitrogens with one attached hydrogen (secondary N) is 1. The van der Waals surface area contributed by atoms with E-state index < -0.39 is 0 Å². The Morgan fingerprint density at radius 2 is 2.25 bits per heavy atom. The van der Waals surface area contributed by atoms with Crippen molar-refractivity contribution in [2.75, 3.05) is 16.8 Å². The Labute approximate surface area is 125 Å². The summed E-state index contributed by atoms with van der Waals surface area (Å²) in [5, 5.41) is 11.7. The van der Waals surface area contributed by atoms with Crippen LogP contribution in [0.1, 0.15) is 5.82 Å². The minimum atomic E-state index is -0.165. The van der Waals surface area contributed by atoms with Gasteiger partial charge in [-0.3, -0.25) is 4.79 Å². The molecule has 0 unspecified atom stereocenters. The predicted octanol–water partition coefficient (Wildman–Crippen LogP) is 2.09. The molecule has 106 valence electrons. The number of halogens is 1. The lowest BCUT2D eigenvalue weighted by molar-refractivity contribution is -0.113. The summed E-state index contributed by atoms with van der Waals surface area (Å²) in [7, 11) is 1.85. The number of rotatable bonds is 4. The van der Waals surface area contributed by atoms with Crippen LogP contribution < -0.4 is 11.1 Å². The fourth-order valence-electron chi connectivity index (χ4n) is 1.46. The van der Waals surface area contributed by atoms with Gasteiger partial charge in [0.25, 0.3) is 0 Å². The first-order chi connectivity index (χ1) is 9.47. The van der Waals surface area contributed by atoms with Gasteiger partial charge < -0.3 is 15.6 Å². The molecule has 20 heavy (non-hydrogen) atoms. The number of benzene rings is 1. The van der Waals surface area contributed by atoms with Crippen LogP contribution in [0.15, 0.2) is 23.4 Å². The van der Waals surface area contributed by atoms with Crippen LogP contribution in [0, 0.1) is 6.92 Å². The molecule has 0 aliphatic carbocycles. The standard InChI is InChI=1S/C12H14ClN5OS/c1-7-16-17-12(18(7)2)20-6-11(19)15-10-4-3-8(14)5-9(10)13/h3-5H,6,14H2,1-2H3,(H,15,19). The molecule has 8 heteroatoms. The van der Waals surface area contributed by atoms with Crippen LogP contribution in [0.3, 0.4) is 0 Å². The maximum absolute atomic E-state index is 11.9. The number of carbonyl (C=O) groups is 1. The molecule has 0 radical (unpaired) electrons. The first kappa shape index (κ1) is 14.7. The van der Waals surface area contributed by atoms with Gasteiger partial charge in [-0.25, -0.2) is 0 Å². The average Bonchev–Trinajstić information content (AvgIpc) is 2.71. The van der Waals surface area contributed by atoms with E-state index in [0.717, 1.165) is 5.82 Å². The van der Waals surface area contributed by atoms with Crippen LogP contribution in [0.5, 0.6) is 0 Å².